The van der Waals surface area contributed by atoms with Gasteiger partial charge in [0.25, 0.3) is 0 Å². The molecule has 0 radical (unpaired) electrons. The van der Waals surface area contributed by atoms with Gasteiger partial charge in [0.05, 0.1) is 12.6 Å². The lowest BCUT2D eigenvalue weighted by atomic mass is 10.1. The Labute approximate surface area is 88.2 Å². The van der Waals surface area contributed by atoms with Gasteiger partial charge in [0.1, 0.15) is 12.7 Å². The topological polar surface area (TPSA) is 50.9 Å². The van der Waals surface area contributed by atoms with Gasteiger partial charge >= 0.3 is 0 Å². The number of rotatable bonds is 3. The number of hydrogen-bond donors (Lipinski definition) is 1. The molecule has 1 N–H and O–H groups in total. The minimum Gasteiger partial charge on any atom is -0.386 e. The zero-order valence-electron chi connectivity index (χ0n) is 8.54. The lowest BCUT2D eigenvalue weighted by molar-refractivity contribution is 0.151. The number of hydrogen-bond acceptors (Lipinski definition) is 3. The van der Waals surface area contributed by atoms with Crippen LogP contribution in [0.5, 0.6) is 0 Å². The van der Waals surface area contributed by atoms with E-state index in [1.54, 1.807) is 11.0 Å². The third-order valence-electron chi connectivity index (χ3n) is 2.29. The summed E-state index contributed by atoms with van der Waals surface area (Å²) < 4.78 is 1.62. The molecule has 0 bridgehead atoms. The molecule has 78 valence electrons. The average Bonchev–Trinajstić information content (AvgIpc) is 2.71. The standard InChI is InChI=1S/C11H13N3O/c1-9-2-4-10(5-3-9)11(15)6-14-8-12-7-13-14/h2-5,7-8,11,15H,6H2,1H3. The van der Waals surface area contributed by atoms with E-state index in [4.69, 9.17) is 0 Å². The van der Waals surface area contributed by atoms with Crippen LogP contribution in [0.4, 0.5) is 0 Å². The Balaban J connectivity index is 2.08. The maximum Gasteiger partial charge on any atom is 0.137 e. The highest BCUT2D eigenvalue weighted by atomic mass is 16.3. The minimum absolute atomic E-state index is 0.434. The van der Waals surface area contributed by atoms with E-state index >= 15 is 0 Å². The van der Waals surface area contributed by atoms with E-state index in [1.807, 2.05) is 31.2 Å². The average molecular weight is 203 g/mol. The van der Waals surface area contributed by atoms with Gasteiger partial charge in [-0.1, -0.05) is 29.8 Å². The molecule has 0 spiro atoms. The van der Waals surface area contributed by atoms with E-state index in [1.165, 1.54) is 11.9 Å². The molecular weight excluding hydrogens is 190 g/mol. The summed E-state index contributed by atoms with van der Waals surface area (Å²) in [6.07, 6.45) is 2.52. The number of nitrogens with zero attached hydrogens (tertiary/aromatic N) is 3. The predicted octanol–water partition coefficient (Wildman–Crippen LogP) is 1.32. The normalized spacial score (nSPS) is 12.7. The SMILES string of the molecule is Cc1ccc(C(O)Cn2cncn2)cc1. The second-order valence-electron chi connectivity index (χ2n) is 3.54. The maximum absolute atomic E-state index is 9.89. The van der Waals surface area contributed by atoms with Gasteiger partial charge in [0, 0.05) is 0 Å². The van der Waals surface area contributed by atoms with Gasteiger partial charge in [0.2, 0.25) is 0 Å². The van der Waals surface area contributed by atoms with Gasteiger partial charge in [-0.3, -0.25) is 4.68 Å². The van der Waals surface area contributed by atoms with Crippen LogP contribution in [0.3, 0.4) is 0 Å². The minimum atomic E-state index is -0.535. The first-order valence-corrected chi connectivity index (χ1v) is 4.83. The van der Waals surface area contributed by atoms with Crippen molar-refractivity contribution in [3.8, 4) is 0 Å². The number of aliphatic hydroxyl groups excluding tert-OH is 1. The lowest BCUT2D eigenvalue weighted by Crippen LogP contribution is -2.08. The van der Waals surface area contributed by atoms with E-state index in [-0.39, 0.29) is 0 Å². The molecule has 1 heterocycles. The van der Waals surface area contributed by atoms with Gasteiger partial charge in [-0.25, -0.2) is 4.98 Å². The Hall–Kier alpha value is -1.68. The fraction of sp³-hybridized carbons (Fsp3) is 0.273. The molecule has 0 aliphatic rings. The molecule has 0 amide bonds. The molecule has 4 nitrogen and oxygen atoms in total. The Kier molecular flexibility index (Phi) is 2.78. The van der Waals surface area contributed by atoms with E-state index in [2.05, 4.69) is 10.1 Å². The third-order valence-corrected chi connectivity index (χ3v) is 2.29. The van der Waals surface area contributed by atoms with Crippen molar-refractivity contribution in [2.24, 2.45) is 0 Å². The molecule has 2 rings (SSSR count). The highest BCUT2D eigenvalue weighted by Gasteiger charge is 2.07. The summed E-state index contributed by atoms with van der Waals surface area (Å²) in [6, 6.07) is 7.83. The fourth-order valence-electron chi connectivity index (χ4n) is 1.40. The number of aromatic nitrogens is 3. The van der Waals surface area contributed by atoms with Crippen LogP contribution < -0.4 is 0 Å². The van der Waals surface area contributed by atoms with Gasteiger partial charge in [-0.2, -0.15) is 5.10 Å². The summed E-state index contributed by atoms with van der Waals surface area (Å²) in [5, 5.41) is 13.8. The smallest absolute Gasteiger partial charge is 0.137 e. The Morgan fingerprint density at radius 1 is 1.33 bits per heavy atom. The number of aliphatic hydroxyl groups is 1. The van der Waals surface area contributed by atoms with Crippen LogP contribution in [0, 0.1) is 6.92 Å². The summed E-state index contributed by atoms with van der Waals surface area (Å²) in [6.45, 7) is 2.46. The van der Waals surface area contributed by atoms with Crippen molar-refractivity contribution in [1.82, 2.24) is 14.8 Å². The van der Waals surface area contributed by atoms with Crippen LogP contribution in [-0.2, 0) is 6.54 Å². The zero-order valence-corrected chi connectivity index (χ0v) is 8.54. The van der Waals surface area contributed by atoms with Crippen molar-refractivity contribution in [3.05, 3.63) is 48.0 Å². The second kappa shape index (κ2) is 4.23. The van der Waals surface area contributed by atoms with Crippen molar-refractivity contribution in [2.45, 2.75) is 19.6 Å². The fourth-order valence-corrected chi connectivity index (χ4v) is 1.40. The third kappa shape index (κ3) is 2.41. The van der Waals surface area contributed by atoms with Gasteiger partial charge in [-0.05, 0) is 12.5 Å². The van der Waals surface area contributed by atoms with E-state index in [9.17, 15) is 5.11 Å². The van der Waals surface area contributed by atoms with Crippen LogP contribution in [0.2, 0.25) is 0 Å². The molecule has 4 heteroatoms. The lowest BCUT2D eigenvalue weighted by Gasteiger charge is -2.10. The summed E-state index contributed by atoms with van der Waals surface area (Å²) in [7, 11) is 0. The Bertz CT molecular complexity index is 408. The molecule has 1 aromatic carbocycles. The van der Waals surface area contributed by atoms with Gasteiger partial charge in [-0.15, -0.1) is 0 Å². The molecule has 0 aliphatic carbocycles. The van der Waals surface area contributed by atoms with Crippen LogP contribution in [-0.4, -0.2) is 19.9 Å². The maximum atomic E-state index is 9.89. The van der Waals surface area contributed by atoms with Crippen molar-refractivity contribution in [3.63, 3.8) is 0 Å². The monoisotopic (exact) mass is 203 g/mol. The van der Waals surface area contributed by atoms with Crippen molar-refractivity contribution < 1.29 is 5.11 Å². The first-order chi connectivity index (χ1) is 7.25. The molecule has 0 fully saturated rings. The van der Waals surface area contributed by atoms with Crippen LogP contribution >= 0.6 is 0 Å². The first-order valence-electron chi connectivity index (χ1n) is 4.83. The predicted molar refractivity (Wildman–Crippen MR) is 56.2 cm³/mol. The molecule has 1 unspecified atom stereocenters. The highest BCUT2D eigenvalue weighted by molar-refractivity contribution is 5.22. The number of benzene rings is 1. The zero-order chi connectivity index (χ0) is 10.7. The summed E-state index contributed by atoms with van der Waals surface area (Å²) in [4.78, 5) is 3.82. The molecule has 0 saturated heterocycles. The van der Waals surface area contributed by atoms with Crippen LogP contribution in [0.15, 0.2) is 36.9 Å². The summed E-state index contributed by atoms with van der Waals surface area (Å²) in [5.74, 6) is 0. The molecular formula is C11H13N3O. The quantitative estimate of drug-likeness (QED) is 0.818. The summed E-state index contributed by atoms with van der Waals surface area (Å²) >= 11 is 0. The van der Waals surface area contributed by atoms with Crippen molar-refractivity contribution in [2.75, 3.05) is 0 Å². The van der Waals surface area contributed by atoms with Crippen LogP contribution in [0.25, 0.3) is 0 Å². The van der Waals surface area contributed by atoms with E-state index in [0.717, 1.165) is 5.56 Å². The summed E-state index contributed by atoms with van der Waals surface area (Å²) in [5.41, 5.74) is 2.09. The van der Waals surface area contributed by atoms with E-state index < -0.39 is 6.10 Å². The largest absolute Gasteiger partial charge is 0.386 e. The molecule has 0 aliphatic heterocycles. The second-order valence-corrected chi connectivity index (χ2v) is 3.54. The van der Waals surface area contributed by atoms with Crippen molar-refractivity contribution >= 4 is 0 Å². The van der Waals surface area contributed by atoms with E-state index in [0.29, 0.717) is 6.54 Å². The van der Waals surface area contributed by atoms with Gasteiger partial charge in [0.15, 0.2) is 0 Å². The van der Waals surface area contributed by atoms with Gasteiger partial charge < -0.3 is 5.11 Å². The Morgan fingerprint density at radius 3 is 2.67 bits per heavy atom. The molecule has 0 saturated carbocycles. The number of aryl methyl sites for hydroxylation is 1. The highest BCUT2D eigenvalue weighted by Crippen LogP contribution is 2.14. The molecule has 1 aromatic heterocycles. The molecule has 2 aromatic rings. The molecule has 1 atom stereocenters. The first kappa shape index (κ1) is 9.86. The Morgan fingerprint density at radius 2 is 2.07 bits per heavy atom. The van der Waals surface area contributed by atoms with Crippen LogP contribution in [0.1, 0.15) is 17.2 Å². The van der Waals surface area contributed by atoms with Crippen molar-refractivity contribution in [1.29, 1.82) is 0 Å². The molecule has 15 heavy (non-hydrogen) atoms.